The smallest absolute Gasteiger partial charge is 0.108 e. The molecule has 0 fully saturated rings. The summed E-state index contributed by atoms with van der Waals surface area (Å²) in [5, 5.41) is 0. The van der Waals surface area contributed by atoms with Crippen molar-refractivity contribution in [2.45, 2.75) is 105 Å². The van der Waals surface area contributed by atoms with Gasteiger partial charge in [0.2, 0.25) is 0 Å². The van der Waals surface area contributed by atoms with Gasteiger partial charge >= 0.3 is 0 Å². The third-order valence-electron chi connectivity index (χ3n) is 10.1. The lowest BCUT2D eigenvalue weighted by molar-refractivity contribution is 0.624. The molecule has 0 radical (unpaired) electrons. The molecule has 0 saturated carbocycles. The van der Waals surface area contributed by atoms with Crippen molar-refractivity contribution in [1.82, 2.24) is 0 Å². The minimum Gasteiger partial charge on any atom is -0.195 e. The fourth-order valence-corrected chi connectivity index (χ4v) is 12.7. The SMILES string of the molecule is CCCCCCCC[P+](CCCC)(CCCC)CCCC.c1ccc([B-](c2ccccc2)(c2ccccc2)c2ccccc2)cc1. The van der Waals surface area contributed by atoms with Crippen LogP contribution in [0, 0.1) is 0 Å². The maximum atomic E-state index is 2.37. The van der Waals surface area contributed by atoms with Crippen LogP contribution in [0.15, 0.2) is 121 Å². The highest BCUT2D eigenvalue weighted by Crippen LogP contribution is 2.61. The van der Waals surface area contributed by atoms with E-state index in [0.29, 0.717) is 0 Å². The summed E-state index contributed by atoms with van der Waals surface area (Å²) < 4.78 is 0. The highest BCUT2D eigenvalue weighted by Gasteiger charge is 2.34. The lowest BCUT2D eigenvalue weighted by Crippen LogP contribution is -2.74. The molecule has 0 nitrogen and oxygen atoms in total. The van der Waals surface area contributed by atoms with Gasteiger partial charge in [0.1, 0.15) is 6.15 Å². The van der Waals surface area contributed by atoms with Crippen molar-refractivity contribution in [1.29, 1.82) is 0 Å². The van der Waals surface area contributed by atoms with Gasteiger partial charge in [0.25, 0.3) is 0 Å². The van der Waals surface area contributed by atoms with Crippen molar-refractivity contribution < 1.29 is 0 Å². The van der Waals surface area contributed by atoms with Crippen molar-refractivity contribution in [3.8, 4) is 0 Å². The molecule has 0 aliphatic carbocycles. The van der Waals surface area contributed by atoms with Gasteiger partial charge in [0.05, 0.1) is 24.6 Å². The second-order valence-electron chi connectivity index (χ2n) is 13.6. The minimum atomic E-state index is -1.22. The molecule has 46 heavy (non-hydrogen) atoms. The van der Waals surface area contributed by atoms with E-state index in [-0.39, 0.29) is 0 Å². The van der Waals surface area contributed by atoms with Gasteiger partial charge in [0.15, 0.2) is 0 Å². The van der Waals surface area contributed by atoms with Gasteiger partial charge in [-0.25, -0.2) is 0 Å². The van der Waals surface area contributed by atoms with Crippen LogP contribution in [0.1, 0.15) is 105 Å². The first kappa shape index (κ1) is 37.8. The van der Waals surface area contributed by atoms with E-state index in [1.165, 1.54) is 98.9 Å². The fourth-order valence-electron chi connectivity index (χ4n) is 7.50. The zero-order chi connectivity index (χ0) is 32.8. The largest absolute Gasteiger partial charge is 0.195 e. The first-order valence-corrected chi connectivity index (χ1v) is 21.4. The Labute approximate surface area is 285 Å². The van der Waals surface area contributed by atoms with Crippen LogP contribution in [0.25, 0.3) is 0 Å². The Morgan fingerprint density at radius 1 is 0.326 bits per heavy atom. The summed E-state index contributed by atoms with van der Waals surface area (Å²) in [7, 11) is -0.601. The van der Waals surface area contributed by atoms with Crippen LogP contribution in [0.3, 0.4) is 0 Å². The van der Waals surface area contributed by atoms with Gasteiger partial charge in [0, 0.05) is 7.26 Å². The van der Waals surface area contributed by atoms with Crippen LogP contribution < -0.4 is 21.9 Å². The van der Waals surface area contributed by atoms with E-state index in [4.69, 9.17) is 0 Å². The molecule has 0 aliphatic rings. The van der Waals surface area contributed by atoms with Crippen molar-refractivity contribution in [2.75, 3.05) is 24.6 Å². The molecule has 0 bridgehead atoms. The highest BCUT2D eigenvalue weighted by atomic mass is 31.2. The molecule has 0 N–H and O–H groups in total. The first-order valence-electron chi connectivity index (χ1n) is 18.9. The molecule has 2 heteroatoms. The van der Waals surface area contributed by atoms with Crippen molar-refractivity contribution in [2.24, 2.45) is 0 Å². The van der Waals surface area contributed by atoms with Gasteiger partial charge in [-0.3, -0.25) is 0 Å². The van der Waals surface area contributed by atoms with E-state index >= 15 is 0 Å². The molecule has 248 valence electrons. The minimum absolute atomic E-state index is 0.601. The average Bonchev–Trinajstić information content (AvgIpc) is 3.13. The molecule has 4 aromatic rings. The standard InChI is InChI=1S/C24H20B.C20H44P/c1-5-13-21(14-6-1)25(22-15-7-2-8-16-22,23-17-9-3-10-18-23)24-19-11-4-12-20-24;1-5-9-13-14-15-16-20-21(17-10-6-2,18-11-7-3)19-12-8-4/h1-20H;5-20H2,1-4H3/q-1;+1. The monoisotopic (exact) mass is 634 g/mol. The maximum absolute atomic E-state index is 2.37. The van der Waals surface area contributed by atoms with Crippen molar-refractivity contribution in [3.05, 3.63) is 121 Å². The van der Waals surface area contributed by atoms with Gasteiger partial charge < -0.3 is 0 Å². The van der Waals surface area contributed by atoms with E-state index in [2.05, 4.69) is 149 Å². The van der Waals surface area contributed by atoms with Crippen LogP contribution in [-0.2, 0) is 0 Å². The summed E-state index contributed by atoms with van der Waals surface area (Å²) in [6.45, 7) is 9.44. The van der Waals surface area contributed by atoms with Gasteiger partial charge in [-0.1, -0.05) is 194 Å². The highest BCUT2D eigenvalue weighted by molar-refractivity contribution is 7.75. The van der Waals surface area contributed by atoms with Crippen molar-refractivity contribution >= 4 is 35.3 Å². The molecule has 0 heterocycles. The predicted molar refractivity (Wildman–Crippen MR) is 215 cm³/mol. The summed E-state index contributed by atoms with van der Waals surface area (Å²) in [4.78, 5) is 0. The normalized spacial score (nSPS) is 11.6. The molecular formula is C44H64BP. The third kappa shape index (κ3) is 11.3. The number of unbranched alkanes of at least 4 members (excludes halogenated alkanes) is 8. The molecule has 0 amide bonds. The van der Waals surface area contributed by atoms with E-state index in [1.807, 2.05) is 0 Å². The summed E-state index contributed by atoms with van der Waals surface area (Å²) in [5.74, 6) is 0. The summed E-state index contributed by atoms with van der Waals surface area (Å²) in [5.41, 5.74) is 5.36. The molecule has 0 saturated heterocycles. The Kier molecular flexibility index (Phi) is 18.1. The van der Waals surface area contributed by atoms with Crippen LogP contribution in [0.4, 0.5) is 0 Å². The van der Waals surface area contributed by atoms with E-state index in [9.17, 15) is 0 Å². The molecule has 0 aromatic heterocycles. The maximum Gasteiger partial charge on any atom is 0.108 e. The Morgan fingerprint density at radius 2 is 0.587 bits per heavy atom. The topological polar surface area (TPSA) is 0 Å². The second kappa shape index (κ2) is 22.0. The first-order chi connectivity index (χ1) is 22.7. The number of hydrogen-bond donors (Lipinski definition) is 0. The van der Waals surface area contributed by atoms with Crippen LogP contribution in [-0.4, -0.2) is 30.8 Å². The lowest BCUT2D eigenvalue weighted by Gasteiger charge is -2.44. The summed E-state index contributed by atoms with van der Waals surface area (Å²) >= 11 is 0. The summed E-state index contributed by atoms with van der Waals surface area (Å²) in [6.07, 6.45) is 22.8. The zero-order valence-electron chi connectivity index (χ0n) is 29.9. The molecule has 0 spiro atoms. The molecule has 4 aromatic carbocycles. The predicted octanol–water partition coefficient (Wildman–Crippen LogP) is 10.8. The molecule has 4 rings (SSSR count). The quantitative estimate of drug-likeness (QED) is 0.0516. The zero-order valence-corrected chi connectivity index (χ0v) is 30.8. The molecular weight excluding hydrogens is 570 g/mol. The van der Waals surface area contributed by atoms with E-state index in [0.717, 1.165) is 0 Å². The molecule has 0 aliphatic heterocycles. The van der Waals surface area contributed by atoms with Gasteiger partial charge in [-0.05, 0) is 32.1 Å². The number of rotatable bonds is 20. The summed E-state index contributed by atoms with van der Waals surface area (Å²) in [6, 6.07) is 43.5. The van der Waals surface area contributed by atoms with Crippen LogP contribution in [0.2, 0.25) is 0 Å². The Balaban J connectivity index is 0.000000256. The Hall–Kier alpha value is -2.63. The Bertz CT molecular complexity index is 1090. The van der Waals surface area contributed by atoms with Gasteiger partial charge in [-0.15, -0.1) is 0 Å². The van der Waals surface area contributed by atoms with E-state index in [1.54, 1.807) is 24.6 Å². The molecule has 0 unspecified atom stereocenters. The molecule has 0 atom stereocenters. The Morgan fingerprint density at radius 3 is 0.891 bits per heavy atom. The fraction of sp³-hybridized carbons (Fsp3) is 0.455. The lowest BCUT2D eigenvalue weighted by atomic mass is 9.13. The third-order valence-corrected chi connectivity index (χ3v) is 15.2. The average molecular weight is 635 g/mol. The van der Waals surface area contributed by atoms with Crippen molar-refractivity contribution in [3.63, 3.8) is 0 Å². The van der Waals surface area contributed by atoms with Crippen LogP contribution in [0.5, 0.6) is 0 Å². The van der Waals surface area contributed by atoms with E-state index < -0.39 is 13.4 Å². The number of benzene rings is 4. The van der Waals surface area contributed by atoms with Crippen LogP contribution >= 0.6 is 7.26 Å². The van der Waals surface area contributed by atoms with Gasteiger partial charge in [-0.2, -0.15) is 21.9 Å². The second-order valence-corrected chi connectivity index (χ2v) is 18.0. The number of hydrogen-bond acceptors (Lipinski definition) is 0.